The van der Waals surface area contributed by atoms with E-state index in [-0.39, 0.29) is 25.0 Å². The number of alkyl halides is 3. The Bertz CT molecular complexity index is 287. The number of piperidine rings is 1. The molecule has 0 spiro atoms. The van der Waals surface area contributed by atoms with E-state index in [0.717, 1.165) is 6.42 Å². The first-order valence-electron chi connectivity index (χ1n) is 5.83. The highest BCUT2D eigenvalue weighted by Crippen LogP contribution is 2.27. The molecule has 0 radical (unpaired) electrons. The summed E-state index contributed by atoms with van der Waals surface area (Å²) >= 11 is 0. The Balaban J connectivity index is 1.88. The summed E-state index contributed by atoms with van der Waals surface area (Å²) < 4.78 is 37.3. The number of nitrogens with zero attached hydrogens (tertiary/aromatic N) is 1. The molecule has 0 aromatic rings. The second kappa shape index (κ2) is 4.72. The van der Waals surface area contributed by atoms with Crippen LogP contribution in [0.25, 0.3) is 0 Å². The summed E-state index contributed by atoms with van der Waals surface area (Å²) in [7, 11) is 0. The van der Waals surface area contributed by atoms with Crippen molar-refractivity contribution >= 4 is 6.03 Å². The fourth-order valence-electron chi connectivity index (χ4n) is 2.38. The van der Waals surface area contributed by atoms with Crippen molar-refractivity contribution in [2.24, 2.45) is 0 Å². The van der Waals surface area contributed by atoms with Crippen LogP contribution < -0.4 is 10.6 Å². The second-order valence-corrected chi connectivity index (χ2v) is 4.51. The van der Waals surface area contributed by atoms with E-state index in [1.807, 2.05) is 0 Å². The zero-order valence-corrected chi connectivity index (χ0v) is 9.39. The molecule has 2 atom stereocenters. The van der Waals surface area contributed by atoms with Gasteiger partial charge in [-0.2, -0.15) is 13.2 Å². The summed E-state index contributed by atoms with van der Waals surface area (Å²) in [6, 6.07) is -1.70. The van der Waals surface area contributed by atoms with Gasteiger partial charge in [0.05, 0.1) is 0 Å². The molecule has 2 heterocycles. The van der Waals surface area contributed by atoms with Crippen LogP contribution in [0.2, 0.25) is 0 Å². The van der Waals surface area contributed by atoms with Gasteiger partial charge >= 0.3 is 12.2 Å². The van der Waals surface area contributed by atoms with Gasteiger partial charge < -0.3 is 15.5 Å². The van der Waals surface area contributed by atoms with Gasteiger partial charge in [0.25, 0.3) is 0 Å². The van der Waals surface area contributed by atoms with Crippen molar-refractivity contribution < 1.29 is 18.0 Å². The molecule has 0 saturated carbocycles. The molecule has 0 aromatic carbocycles. The number of amides is 2. The molecule has 2 rings (SSSR count). The van der Waals surface area contributed by atoms with Crippen molar-refractivity contribution in [1.82, 2.24) is 15.5 Å². The zero-order valence-electron chi connectivity index (χ0n) is 9.39. The average molecular weight is 251 g/mol. The Labute approximate surface area is 97.5 Å². The number of carbonyl (C=O) groups excluding carboxylic acids is 1. The van der Waals surface area contributed by atoms with E-state index in [1.165, 1.54) is 0 Å². The van der Waals surface area contributed by atoms with Gasteiger partial charge in [-0.05, 0) is 19.3 Å². The highest BCUT2D eigenvalue weighted by molar-refractivity contribution is 5.75. The normalized spacial score (nSPS) is 31.2. The van der Waals surface area contributed by atoms with Crippen molar-refractivity contribution in [1.29, 1.82) is 0 Å². The highest BCUT2D eigenvalue weighted by atomic mass is 19.4. The topological polar surface area (TPSA) is 44.4 Å². The van der Waals surface area contributed by atoms with Crippen molar-refractivity contribution in [3.63, 3.8) is 0 Å². The van der Waals surface area contributed by atoms with Gasteiger partial charge in [0, 0.05) is 25.7 Å². The third-order valence-corrected chi connectivity index (χ3v) is 3.34. The standard InChI is InChI=1S/C10H16F3N3O/c11-10(12,13)8-3-2-7(6-15-8)16-5-1-4-14-9(16)17/h7-8,15H,1-6H2,(H,14,17). The minimum absolute atomic E-state index is 0.0396. The van der Waals surface area contributed by atoms with Crippen molar-refractivity contribution in [3.8, 4) is 0 Å². The molecule has 2 fully saturated rings. The summed E-state index contributed by atoms with van der Waals surface area (Å²) in [6.07, 6.45) is -2.89. The van der Waals surface area contributed by atoms with Gasteiger partial charge in [-0.3, -0.25) is 0 Å². The fraction of sp³-hybridized carbons (Fsp3) is 0.900. The number of halogens is 3. The van der Waals surface area contributed by atoms with Crippen molar-refractivity contribution in [2.75, 3.05) is 19.6 Å². The second-order valence-electron chi connectivity index (χ2n) is 4.51. The quantitative estimate of drug-likeness (QED) is 0.732. The summed E-state index contributed by atoms with van der Waals surface area (Å²) in [5.41, 5.74) is 0. The van der Waals surface area contributed by atoms with Crippen LogP contribution in [0.1, 0.15) is 19.3 Å². The number of hydrogen-bond donors (Lipinski definition) is 2. The van der Waals surface area contributed by atoms with E-state index in [2.05, 4.69) is 10.6 Å². The molecule has 98 valence electrons. The lowest BCUT2D eigenvalue weighted by Gasteiger charge is -2.39. The largest absolute Gasteiger partial charge is 0.403 e. The van der Waals surface area contributed by atoms with E-state index in [4.69, 9.17) is 0 Å². The number of carbonyl (C=O) groups is 1. The molecular weight excluding hydrogens is 235 g/mol. The van der Waals surface area contributed by atoms with Crippen LogP contribution in [0, 0.1) is 0 Å². The lowest BCUT2D eigenvalue weighted by atomic mass is 9.99. The Kier molecular flexibility index (Phi) is 3.46. The molecule has 4 nitrogen and oxygen atoms in total. The SMILES string of the molecule is O=C1NCCCN1C1CCC(C(F)(F)F)NC1. The van der Waals surface area contributed by atoms with Crippen LogP contribution in [0.5, 0.6) is 0 Å². The molecule has 2 unspecified atom stereocenters. The zero-order chi connectivity index (χ0) is 12.5. The first kappa shape index (κ1) is 12.5. The summed E-state index contributed by atoms with van der Waals surface area (Å²) in [5, 5.41) is 5.19. The van der Waals surface area contributed by atoms with E-state index < -0.39 is 12.2 Å². The number of rotatable bonds is 1. The molecule has 2 aliphatic heterocycles. The van der Waals surface area contributed by atoms with E-state index in [9.17, 15) is 18.0 Å². The lowest BCUT2D eigenvalue weighted by molar-refractivity contribution is -0.162. The molecule has 17 heavy (non-hydrogen) atoms. The highest BCUT2D eigenvalue weighted by Gasteiger charge is 2.42. The predicted octanol–water partition coefficient (Wildman–Crippen LogP) is 1.08. The third kappa shape index (κ3) is 2.83. The maximum Gasteiger partial charge on any atom is 0.403 e. The van der Waals surface area contributed by atoms with Gasteiger partial charge in [0.15, 0.2) is 0 Å². The first-order valence-corrected chi connectivity index (χ1v) is 5.83. The number of hydrogen-bond acceptors (Lipinski definition) is 2. The molecule has 7 heteroatoms. The minimum atomic E-state index is -4.19. The molecule has 2 amide bonds. The molecule has 0 bridgehead atoms. The van der Waals surface area contributed by atoms with Crippen LogP contribution in [-0.2, 0) is 0 Å². The molecule has 0 aliphatic carbocycles. The number of nitrogens with one attached hydrogen (secondary N) is 2. The van der Waals surface area contributed by atoms with Crippen LogP contribution in [0.15, 0.2) is 0 Å². The fourth-order valence-corrected chi connectivity index (χ4v) is 2.38. The molecule has 2 N–H and O–H groups in total. The summed E-state index contributed by atoms with van der Waals surface area (Å²) in [5.74, 6) is 0. The van der Waals surface area contributed by atoms with E-state index >= 15 is 0 Å². The molecule has 2 aliphatic rings. The Morgan fingerprint density at radius 3 is 2.59 bits per heavy atom. The molecule has 2 saturated heterocycles. The van der Waals surface area contributed by atoms with E-state index in [0.29, 0.717) is 19.5 Å². The van der Waals surface area contributed by atoms with Crippen molar-refractivity contribution in [3.05, 3.63) is 0 Å². The third-order valence-electron chi connectivity index (χ3n) is 3.34. The smallest absolute Gasteiger partial charge is 0.338 e. The van der Waals surface area contributed by atoms with Gasteiger partial charge in [0.1, 0.15) is 6.04 Å². The Hall–Kier alpha value is -0.980. The monoisotopic (exact) mass is 251 g/mol. The first-order chi connectivity index (χ1) is 7.98. The van der Waals surface area contributed by atoms with Crippen LogP contribution in [-0.4, -0.2) is 48.8 Å². The van der Waals surface area contributed by atoms with E-state index in [1.54, 1.807) is 4.90 Å². The van der Waals surface area contributed by atoms with Crippen LogP contribution in [0.3, 0.4) is 0 Å². The maximum absolute atomic E-state index is 12.4. The average Bonchev–Trinajstić information content (AvgIpc) is 2.29. The Morgan fingerprint density at radius 1 is 1.29 bits per heavy atom. The summed E-state index contributed by atoms with van der Waals surface area (Å²) in [6.45, 7) is 1.51. The maximum atomic E-state index is 12.4. The van der Waals surface area contributed by atoms with Crippen molar-refractivity contribution in [2.45, 2.75) is 37.5 Å². The van der Waals surface area contributed by atoms with Gasteiger partial charge in [-0.25, -0.2) is 4.79 Å². The van der Waals surface area contributed by atoms with Crippen LogP contribution >= 0.6 is 0 Å². The minimum Gasteiger partial charge on any atom is -0.338 e. The van der Waals surface area contributed by atoms with Crippen LogP contribution in [0.4, 0.5) is 18.0 Å². The van der Waals surface area contributed by atoms with Gasteiger partial charge in [0.2, 0.25) is 0 Å². The lowest BCUT2D eigenvalue weighted by Crippen LogP contribution is -2.59. The summed E-state index contributed by atoms with van der Waals surface area (Å²) in [4.78, 5) is 13.2. The number of urea groups is 1. The molecule has 0 aromatic heterocycles. The predicted molar refractivity (Wildman–Crippen MR) is 55.6 cm³/mol. The van der Waals surface area contributed by atoms with Gasteiger partial charge in [-0.1, -0.05) is 0 Å². The molecular formula is C10H16F3N3O. The Morgan fingerprint density at radius 2 is 2.06 bits per heavy atom. The van der Waals surface area contributed by atoms with Gasteiger partial charge in [-0.15, -0.1) is 0 Å².